The lowest BCUT2D eigenvalue weighted by molar-refractivity contribution is -0.125. The lowest BCUT2D eigenvalue weighted by Gasteiger charge is -2.31. The van der Waals surface area contributed by atoms with Crippen LogP contribution in [0, 0.1) is 23.7 Å². The van der Waals surface area contributed by atoms with Crippen LogP contribution in [0.25, 0.3) is 0 Å². The van der Waals surface area contributed by atoms with Gasteiger partial charge in [-0.1, -0.05) is 38.4 Å². The Labute approximate surface area is 131 Å². The van der Waals surface area contributed by atoms with E-state index < -0.39 is 0 Å². The van der Waals surface area contributed by atoms with Gasteiger partial charge in [0.1, 0.15) is 0 Å². The van der Waals surface area contributed by atoms with E-state index in [0.29, 0.717) is 16.7 Å². The molecule has 0 radical (unpaired) electrons. The van der Waals surface area contributed by atoms with Gasteiger partial charge in [-0.2, -0.15) is 0 Å². The van der Waals surface area contributed by atoms with Crippen molar-refractivity contribution in [2.75, 3.05) is 5.32 Å². The summed E-state index contributed by atoms with van der Waals surface area (Å²) >= 11 is 6.20. The number of rotatable bonds is 2. The van der Waals surface area contributed by atoms with Gasteiger partial charge in [0, 0.05) is 17.2 Å². The van der Waals surface area contributed by atoms with Crippen LogP contribution in [0.4, 0.5) is 5.69 Å². The van der Waals surface area contributed by atoms with Crippen LogP contribution in [-0.2, 0) is 4.79 Å². The smallest absolute Gasteiger partial charge is 0.167 e. The van der Waals surface area contributed by atoms with Crippen molar-refractivity contribution < 1.29 is 4.79 Å². The van der Waals surface area contributed by atoms with Crippen molar-refractivity contribution in [3.05, 3.63) is 40.6 Å². The van der Waals surface area contributed by atoms with Crippen molar-refractivity contribution in [3.8, 4) is 0 Å². The maximum atomic E-state index is 12.7. The number of anilines is 1. The molecule has 3 rings (SSSR count). The predicted molar refractivity (Wildman–Crippen MR) is 87.5 cm³/mol. The molecule has 2 nitrogen and oxygen atoms in total. The van der Waals surface area contributed by atoms with Gasteiger partial charge in [0.05, 0.1) is 10.7 Å². The number of fused-ring (bicyclic) bond motifs is 2. The van der Waals surface area contributed by atoms with E-state index in [1.807, 2.05) is 31.3 Å². The molecular weight excluding hydrogens is 282 g/mol. The van der Waals surface area contributed by atoms with Gasteiger partial charge in [0.15, 0.2) is 5.78 Å². The summed E-state index contributed by atoms with van der Waals surface area (Å²) in [6.45, 7) is 8.60. The van der Waals surface area contributed by atoms with Crippen LogP contribution in [0.5, 0.6) is 0 Å². The number of Topliss-reactive ketones (excluding diaryl/α,β-unsaturated/α-hetero) is 1. The molecule has 1 aromatic rings. The molecule has 1 N–H and O–H groups in total. The number of benzene rings is 1. The first-order valence-electron chi connectivity index (χ1n) is 7.55. The SMILES string of the molecule is Cc1ccc(Cl)c(N/C=C2/C(=O)[C@]3(C)CC[C@H]2C3(C)C)c1. The first-order chi connectivity index (χ1) is 9.77. The number of nitrogens with one attached hydrogen (secondary N) is 1. The zero-order valence-electron chi connectivity index (χ0n) is 13.1. The van der Waals surface area contributed by atoms with Crippen molar-refractivity contribution in [2.45, 2.75) is 40.5 Å². The minimum absolute atomic E-state index is 0.0496. The third-order valence-corrected chi connectivity index (χ3v) is 6.20. The number of carbonyl (C=O) groups excluding carboxylic acids is 1. The molecule has 1 aromatic carbocycles. The Morgan fingerprint density at radius 3 is 2.67 bits per heavy atom. The third kappa shape index (κ3) is 1.96. The van der Waals surface area contributed by atoms with E-state index in [0.717, 1.165) is 29.7 Å². The predicted octanol–water partition coefficient (Wildman–Crippen LogP) is 4.97. The molecule has 0 saturated heterocycles. The second-order valence-electron chi connectivity index (χ2n) is 7.20. The summed E-state index contributed by atoms with van der Waals surface area (Å²) in [5.41, 5.74) is 2.79. The summed E-state index contributed by atoms with van der Waals surface area (Å²) in [7, 11) is 0. The Morgan fingerprint density at radius 2 is 2.05 bits per heavy atom. The summed E-state index contributed by atoms with van der Waals surface area (Å²) in [6, 6.07) is 5.86. The Balaban J connectivity index is 1.92. The molecule has 2 saturated carbocycles. The molecule has 0 aliphatic heterocycles. The minimum atomic E-state index is -0.207. The number of ketones is 1. The van der Waals surface area contributed by atoms with Crippen molar-refractivity contribution in [2.24, 2.45) is 16.7 Å². The Morgan fingerprint density at radius 1 is 1.33 bits per heavy atom. The van der Waals surface area contributed by atoms with Crippen LogP contribution in [0.3, 0.4) is 0 Å². The standard InChI is InChI=1S/C18H22ClNO/c1-11-5-6-14(19)15(9-11)20-10-12-13-7-8-18(4,16(12)21)17(13,2)3/h5-6,9-10,13,20H,7-8H2,1-4H3/b12-10+/t13-,18+/m1/s1. The highest BCUT2D eigenvalue weighted by Crippen LogP contribution is 2.65. The number of allylic oxidation sites excluding steroid dienone is 1. The van der Waals surface area contributed by atoms with Crippen LogP contribution in [0.15, 0.2) is 30.0 Å². The molecule has 0 heterocycles. The minimum Gasteiger partial charge on any atom is -0.360 e. The summed E-state index contributed by atoms with van der Waals surface area (Å²) in [5.74, 6) is 0.658. The molecule has 0 spiro atoms. The third-order valence-electron chi connectivity index (χ3n) is 5.87. The van der Waals surface area contributed by atoms with Gasteiger partial charge in [-0.05, 0) is 48.8 Å². The highest BCUT2D eigenvalue weighted by molar-refractivity contribution is 6.33. The summed E-state index contributed by atoms with van der Waals surface area (Å²) < 4.78 is 0. The summed E-state index contributed by atoms with van der Waals surface area (Å²) in [4.78, 5) is 12.7. The van der Waals surface area contributed by atoms with Crippen LogP contribution < -0.4 is 5.32 Å². The molecule has 0 amide bonds. The number of hydrogen-bond donors (Lipinski definition) is 1. The maximum absolute atomic E-state index is 12.7. The van der Waals surface area contributed by atoms with Crippen LogP contribution in [0.1, 0.15) is 39.2 Å². The fourth-order valence-electron chi connectivity index (χ4n) is 4.00. The quantitative estimate of drug-likeness (QED) is 0.782. The van der Waals surface area contributed by atoms with Crippen molar-refractivity contribution in [1.82, 2.24) is 0 Å². The average molecular weight is 304 g/mol. The lowest BCUT2D eigenvalue weighted by Crippen LogP contribution is -2.32. The van der Waals surface area contributed by atoms with E-state index in [1.165, 1.54) is 0 Å². The van der Waals surface area contributed by atoms with E-state index in [2.05, 4.69) is 26.1 Å². The van der Waals surface area contributed by atoms with E-state index in [4.69, 9.17) is 11.6 Å². The maximum Gasteiger partial charge on any atom is 0.167 e. The first-order valence-corrected chi connectivity index (χ1v) is 7.93. The lowest BCUT2D eigenvalue weighted by atomic mass is 9.70. The van der Waals surface area contributed by atoms with Crippen molar-refractivity contribution in [3.63, 3.8) is 0 Å². The van der Waals surface area contributed by atoms with Crippen molar-refractivity contribution in [1.29, 1.82) is 0 Å². The Hall–Kier alpha value is -1.28. The van der Waals surface area contributed by atoms with Crippen LogP contribution in [0.2, 0.25) is 5.02 Å². The van der Waals surface area contributed by atoms with Crippen LogP contribution >= 0.6 is 11.6 Å². The summed E-state index contributed by atoms with van der Waals surface area (Å²) in [6.07, 6.45) is 4.00. The number of hydrogen-bond acceptors (Lipinski definition) is 2. The second kappa shape index (κ2) is 4.61. The molecule has 2 bridgehead atoms. The average Bonchev–Trinajstić information content (AvgIpc) is 2.73. The largest absolute Gasteiger partial charge is 0.360 e. The van der Waals surface area contributed by atoms with Gasteiger partial charge in [0.2, 0.25) is 0 Å². The molecule has 2 aliphatic rings. The molecule has 112 valence electrons. The summed E-state index contributed by atoms with van der Waals surface area (Å²) in [5, 5.41) is 3.93. The normalized spacial score (nSPS) is 32.0. The van der Waals surface area contributed by atoms with Gasteiger partial charge >= 0.3 is 0 Å². The zero-order valence-corrected chi connectivity index (χ0v) is 13.8. The highest BCUT2D eigenvalue weighted by Gasteiger charge is 2.63. The first kappa shape index (κ1) is 14.6. The van der Waals surface area contributed by atoms with E-state index >= 15 is 0 Å². The fraction of sp³-hybridized carbons (Fsp3) is 0.500. The van der Waals surface area contributed by atoms with Gasteiger partial charge < -0.3 is 5.32 Å². The molecule has 2 aliphatic carbocycles. The molecule has 2 atom stereocenters. The van der Waals surface area contributed by atoms with Gasteiger partial charge in [-0.3, -0.25) is 4.79 Å². The van der Waals surface area contributed by atoms with Crippen LogP contribution in [-0.4, -0.2) is 5.78 Å². The van der Waals surface area contributed by atoms with E-state index in [1.54, 1.807) is 0 Å². The van der Waals surface area contributed by atoms with E-state index in [-0.39, 0.29) is 10.8 Å². The second-order valence-corrected chi connectivity index (χ2v) is 7.61. The van der Waals surface area contributed by atoms with Gasteiger partial charge in [-0.25, -0.2) is 0 Å². The highest BCUT2D eigenvalue weighted by atomic mass is 35.5. The number of carbonyl (C=O) groups is 1. The van der Waals surface area contributed by atoms with E-state index in [9.17, 15) is 4.79 Å². The monoisotopic (exact) mass is 303 g/mol. The number of aryl methyl sites for hydroxylation is 1. The zero-order chi connectivity index (χ0) is 15.4. The van der Waals surface area contributed by atoms with Crippen molar-refractivity contribution >= 4 is 23.1 Å². The Bertz CT molecular complexity index is 647. The molecular formula is C18H22ClNO. The Kier molecular flexibility index (Phi) is 3.21. The molecule has 0 aromatic heterocycles. The molecule has 2 fully saturated rings. The topological polar surface area (TPSA) is 29.1 Å². The fourth-order valence-corrected chi connectivity index (χ4v) is 4.17. The number of halogens is 1. The molecule has 21 heavy (non-hydrogen) atoms. The molecule has 0 unspecified atom stereocenters. The van der Waals surface area contributed by atoms with Gasteiger partial charge in [0.25, 0.3) is 0 Å². The van der Waals surface area contributed by atoms with Gasteiger partial charge in [-0.15, -0.1) is 0 Å². The molecule has 3 heteroatoms.